The lowest BCUT2D eigenvalue weighted by molar-refractivity contribution is -0.141. The van der Waals surface area contributed by atoms with Gasteiger partial charge in [0.25, 0.3) is 5.91 Å². The zero-order chi connectivity index (χ0) is 18.2. The Labute approximate surface area is 140 Å². The number of fused-ring (bicyclic) bond motifs is 2. The van der Waals surface area contributed by atoms with Crippen LogP contribution in [-0.4, -0.2) is 48.6 Å². The van der Waals surface area contributed by atoms with Crippen molar-refractivity contribution in [3.63, 3.8) is 0 Å². The van der Waals surface area contributed by atoms with Crippen LogP contribution < -0.4 is 15.4 Å². The Kier molecular flexibility index (Phi) is 4.05. The van der Waals surface area contributed by atoms with Gasteiger partial charge in [0.2, 0.25) is 5.91 Å². The van der Waals surface area contributed by atoms with Gasteiger partial charge >= 0.3 is 12.2 Å². The maximum atomic E-state index is 12.8. The molecule has 0 saturated carbocycles. The van der Waals surface area contributed by atoms with Crippen LogP contribution in [0.25, 0.3) is 0 Å². The highest BCUT2D eigenvalue weighted by molar-refractivity contribution is 6.09. The van der Waals surface area contributed by atoms with E-state index in [1.165, 1.54) is 0 Å². The second kappa shape index (κ2) is 5.94. The fourth-order valence-electron chi connectivity index (χ4n) is 2.91. The van der Waals surface area contributed by atoms with E-state index in [2.05, 4.69) is 5.32 Å². The molecule has 1 spiro atoms. The summed E-state index contributed by atoms with van der Waals surface area (Å²) >= 11 is 0. The number of benzene rings is 1. The maximum Gasteiger partial charge on any atom is 0.405 e. The van der Waals surface area contributed by atoms with Crippen molar-refractivity contribution in [3.8, 4) is 5.75 Å². The van der Waals surface area contributed by atoms with Crippen LogP contribution in [0.15, 0.2) is 24.3 Å². The summed E-state index contributed by atoms with van der Waals surface area (Å²) in [6.45, 7) is -2.14. The summed E-state index contributed by atoms with van der Waals surface area (Å²) in [7, 11) is 0. The first-order valence-corrected chi connectivity index (χ1v) is 7.43. The van der Waals surface area contributed by atoms with Gasteiger partial charge in [-0.05, 0) is 6.07 Å². The molecule has 4 amide bonds. The summed E-state index contributed by atoms with van der Waals surface area (Å²) in [6.07, 6.45) is -4.41. The second-order valence-electron chi connectivity index (χ2n) is 5.71. The summed E-state index contributed by atoms with van der Waals surface area (Å²) in [4.78, 5) is 37.2. The van der Waals surface area contributed by atoms with Crippen LogP contribution in [0.2, 0.25) is 0 Å². The third kappa shape index (κ3) is 3.11. The number of rotatable bonds is 3. The van der Waals surface area contributed by atoms with Gasteiger partial charge in [0.1, 0.15) is 18.8 Å². The molecule has 3 rings (SSSR count). The molecule has 1 saturated heterocycles. The van der Waals surface area contributed by atoms with E-state index in [0.717, 1.165) is 0 Å². The molecule has 1 aromatic rings. The fourth-order valence-corrected chi connectivity index (χ4v) is 2.91. The SMILES string of the molecule is O=C(CN1C(=O)N[C@@]2(CCOc3ccccc32)C1=O)NCC(F)(F)F. The molecule has 2 aliphatic rings. The Hall–Kier alpha value is -2.78. The van der Waals surface area contributed by atoms with Crippen molar-refractivity contribution in [2.75, 3.05) is 19.7 Å². The lowest BCUT2D eigenvalue weighted by Crippen LogP contribution is -2.48. The third-order valence-electron chi connectivity index (χ3n) is 4.04. The number of urea groups is 1. The minimum Gasteiger partial charge on any atom is -0.493 e. The molecule has 1 aromatic carbocycles. The highest BCUT2D eigenvalue weighted by Gasteiger charge is 2.55. The molecule has 0 unspecified atom stereocenters. The van der Waals surface area contributed by atoms with Gasteiger partial charge in [-0.3, -0.25) is 14.5 Å². The van der Waals surface area contributed by atoms with Gasteiger partial charge in [-0.15, -0.1) is 0 Å². The number of amides is 4. The summed E-state index contributed by atoms with van der Waals surface area (Å²) < 4.78 is 41.9. The monoisotopic (exact) mass is 357 g/mol. The number of alkyl halides is 3. The molecule has 0 radical (unpaired) electrons. The lowest BCUT2D eigenvalue weighted by Gasteiger charge is -2.33. The van der Waals surface area contributed by atoms with Crippen molar-refractivity contribution < 1.29 is 32.3 Å². The Morgan fingerprint density at radius 1 is 1.32 bits per heavy atom. The number of nitrogens with zero attached hydrogens (tertiary/aromatic N) is 1. The van der Waals surface area contributed by atoms with Crippen molar-refractivity contribution in [3.05, 3.63) is 29.8 Å². The molecule has 7 nitrogen and oxygen atoms in total. The molecule has 1 fully saturated rings. The van der Waals surface area contributed by atoms with Gasteiger partial charge in [0.05, 0.1) is 6.61 Å². The first-order chi connectivity index (χ1) is 11.7. The Balaban J connectivity index is 1.79. The lowest BCUT2D eigenvalue weighted by atomic mass is 9.84. The molecule has 0 aromatic heterocycles. The zero-order valence-corrected chi connectivity index (χ0v) is 12.9. The van der Waals surface area contributed by atoms with E-state index < -0.39 is 42.7 Å². The van der Waals surface area contributed by atoms with Crippen molar-refractivity contribution in [1.82, 2.24) is 15.5 Å². The third-order valence-corrected chi connectivity index (χ3v) is 4.04. The highest BCUT2D eigenvalue weighted by atomic mass is 19.4. The van der Waals surface area contributed by atoms with E-state index in [-0.39, 0.29) is 13.0 Å². The molecular formula is C15H14F3N3O4. The summed E-state index contributed by atoms with van der Waals surface area (Å²) in [5.41, 5.74) is -0.909. The Morgan fingerprint density at radius 3 is 2.76 bits per heavy atom. The van der Waals surface area contributed by atoms with Gasteiger partial charge in [-0.1, -0.05) is 18.2 Å². The number of carbonyl (C=O) groups is 3. The van der Waals surface area contributed by atoms with E-state index in [1.807, 2.05) is 0 Å². The standard InChI is InChI=1S/C15H14F3N3O4/c16-15(17,18)8-19-11(22)7-21-12(23)14(20-13(21)24)5-6-25-10-4-2-1-3-9(10)14/h1-4H,5-8H2,(H,19,22)(H,20,24)/t14-/m1/s1. The van der Waals surface area contributed by atoms with Gasteiger partial charge in [0, 0.05) is 12.0 Å². The van der Waals surface area contributed by atoms with E-state index >= 15 is 0 Å². The van der Waals surface area contributed by atoms with Crippen LogP contribution in [0.3, 0.4) is 0 Å². The number of para-hydroxylation sites is 1. The van der Waals surface area contributed by atoms with Gasteiger partial charge < -0.3 is 15.4 Å². The largest absolute Gasteiger partial charge is 0.493 e. The molecule has 10 heteroatoms. The quantitative estimate of drug-likeness (QED) is 0.787. The van der Waals surface area contributed by atoms with Gasteiger partial charge in [-0.2, -0.15) is 13.2 Å². The van der Waals surface area contributed by atoms with E-state index in [9.17, 15) is 27.6 Å². The number of carbonyl (C=O) groups excluding carboxylic acids is 3. The van der Waals surface area contributed by atoms with Crippen molar-refractivity contribution in [2.45, 2.75) is 18.1 Å². The molecular weight excluding hydrogens is 343 g/mol. The van der Waals surface area contributed by atoms with E-state index in [0.29, 0.717) is 16.2 Å². The van der Waals surface area contributed by atoms with Gasteiger partial charge in [0.15, 0.2) is 5.54 Å². The normalized spacial score (nSPS) is 22.4. The number of nitrogens with one attached hydrogen (secondary N) is 2. The molecule has 0 aliphatic carbocycles. The Bertz CT molecular complexity index is 737. The second-order valence-corrected chi connectivity index (χ2v) is 5.71. The number of halogens is 3. The molecule has 25 heavy (non-hydrogen) atoms. The first kappa shape index (κ1) is 17.1. The van der Waals surface area contributed by atoms with Crippen LogP contribution in [0.1, 0.15) is 12.0 Å². The van der Waals surface area contributed by atoms with Gasteiger partial charge in [-0.25, -0.2) is 4.79 Å². The zero-order valence-electron chi connectivity index (χ0n) is 12.9. The predicted molar refractivity (Wildman–Crippen MR) is 77.5 cm³/mol. The van der Waals surface area contributed by atoms with Crippen molar-refractivity contribution in [2.24, 2.45) is 0 Å². The van der Waals surface area contributed by atoms with Crippen LogP contribution >= 0.6 is 0 Å². The maximum absolute atomic E-state index is 12.8. The van der Waals surface area contributed by atoms with Crippen LogP contribution in [0, 0.1) is 0 Å². The average molecular weight is 357 g/mol. The topological polar surface area (TPSA) is 87.7 Å². The molecule has 1 atom stereocenters. The fraction of sp³-hybridized carbons (Fsp3) is 0.400. The molecule has 2 heterocycles. The summed E-state index contributed by atoms with van der Waals surface area (Å²) in [5, 5.41) is 4.20. The smallest absolute Gasteiger partial charge is 0.405 e. The molecule has 134 valence electrons. The number of imide groups is 1. The number of hydrogen-bond acceptors (Lipinski definition) is 4. The van der Waals surface area contributed by atoms with E-state index in [1.54, 1.807) is 29.6 Å². The summed E-state index contributed by atoms with van der Waals surface area (Å²) in [6, 6.07) is 5.83. The minimum atomic E-state index is -4.58. The van der Waals surface area contributed by atoms with Crippen LogP contribution in [0.4, 0.5) is 18.0 Å². The van der Waals surface area contributed by atoms with E-state index in [4.69, 9.17) is 4.74 Å². The van der Waals surface area contributed by atoms with Crippen LogP contribution in [-0.2, 0) is 15.1 Å². The average Bonchev–Trinajstić information content (AvgIpc) is 2.78. The minimum absolute atomic E-state index is 0.162. The molecule has 0 bridgehead atoms. The predicted octanol–water partition coefficient (Wildman–Crippen LogP) is 0.895. The Morgan fingerprint density at radius 2 is 2.04 bits per heavy atom. The number of ether oxygens (including phenoxy) is 1. The highest BCUT2D eigenvalue weighted by Crippen LogP contribution is 2.40. The molecule has 2 N–H and O–H groups in total. The summed E-state index contributed by atoms with van der Waals surface area (Å²) in [5.74, 6) is -1.32. The first-order valence-electron chi connectivity index (χ1n) is 7.43. The van der Waals surface area contributed by atoms with Crippen molar-refractivity contribution >= 4 is 17.8 Å². The number of hydrogen-bond donors (Lipinski definition) is 2. The van der Waals surface area contributed by atoms with Crippen molar-refractivity contribution in [1.29, 1.82) is 0 Å². The molecule has 2 aliphatic heterocycles. The van der Waals surface area contributed by atoms with Crippen LogP contribution in [0.5, 0.6) is 5.75 Å².